The smallest absolute Gasteiger partial charge is 0.240 e. The van der Waals surface area contributed by atoms with E-state index in [0.717, 1.165) is 25.1 Å². The fourth-order valence-corrected chi connectivity index (χ4v) is 3.58. The quantitative estimate of drug-likeness (QED) is 0.871. The van der Waals surface area contributed by atoms with Crippen molar-refractivity contribution >= 4 is 22.4 Å². The lowest BCUT2D eigenvalue weighted by Crippen LogP contribution is -2.32. The number of amides is 1. The Balaban J connectivity index is 1.55. The van der Waals surface area contributed by atoms with E-state index in [-0.39, 0.29) is 23.7 Å². The highest BCUT2D eigenvalue weighted by Gasteiger charge is 2.27. The molecule has 2 heterocycles. The van der Waals surface area contributed by atoms with Crippen LogP contribution in [0.4, 0.5) is 9.52 Å². The van der Waals surface area contributed by atoms with E-state index in [0.29, 0.717) is 17.4 Å². The van der Waals surface area contributed by atoms with Crippen LogP contribution in [-0.2, 0) is 4.79 Å². The monoisotopic (exact) mass is 349 g/mol. The number of aromatic nitrogens is 1. The van der Waals surface area contributed by atoms with Crippen molar-refractivity contribution in [3.8, 4) is 11.3 Å². The van der Waals surface area contributed by atoms with Crippen molar-refractivity contribution in [2.45, 2.75) is 19.4 Å². The summed E-state index contributed by atoms with van der Waals surface area (Å²) in [6.07, 6.45) is 0.576. The topological polar surface area (TPSA) is 65.5 Å². The zero-order valence-electron chi connectivity index (χ0n) is 13.4. The molecule has 1 saturated heterocycles. The van der Waals surface area contributed by atoms with Gasteiger partial charge in [0, 0.05) is 17.5 Å². The second-order valence-corrected chi connectivity index (χ2v) is 6.98. The largest absolute Gasteiger partial charge is 0.393 e. The van der Waals surface area contributed by atoms with Crippen molar-refractivity contribution in [2.24, 2.45) is 5.92 Å². The van der Waals surface area contributed by atoms with Gasteiger partial charge in [0.05, 0.1) is 18.3 Å². The molecule has 2 aromatic rings. The number of thiazole rings is 1. The first kappa shape index (κ1) is 17.0. The molecule has 2 N–H and O–H groups in total. The third-order valence-corrected chi connectivity index (χ3v) is 5.01. The van der Waals surface area contributed by atoms with Gasteiger partial charge in [0.2, 0.25) is 5.91 Å². The first-order chi connectivity index (χ1) is 11.5. The first-order valence-electron chi connectivity index (χ1n) is 7.93. The molecule has 0 spiro atoms. The molecule has 0 aliphatic carbocycles. The molecule has 7 heteroatoms. The van der Waals surface area contributed by atoms with Gasteiger partial charge >= 0.3 is 0 Å². The number of carbonyl (C=O) groups excluding carboxylic acids is 1. The van der Waals surface area contributed by atoms with Gasteiger partial charge in [-0.2, -0.15) is 0 Å². The van der Waals surface area contributed by atoms with Crippen LogP contribution in [0, 0.1) is 11.7 Å². The van der Waals surface area contributed by atoms with Gasteiger partial charge in [-0.1, -0.05) is 0 Å². The highest BCUT2D eigenvalue weighted by Crippen LogP contribution is 2.25. The van der Waals surface area contributed by atoms with Crippen LogP contribution in [0.2, 0.25) is 0 Å². The van der Waals surface area contributed by atoms with E-state index >= 15 is 0 Å². The van der Waals surface area contributed by atoms with Gasteiger partial charge < -0.3 is 10.4 Å². The number of halogens is 1. The van der Waals surface area contributed by atoms with Crippen LogP contribution in [0.5, 0.6) is 0 Å². The van der Waals surface area contributed by atoms with Gasteiger partial charge in [-0.05, 0) is 50.1 Å². The highest BCUT2D eigenvalue weighted by molar-refractivity contribution is 7.14. The van der Waals surface area contributed by atoms with E-state index in [1.54, 1.807) is 19.1 Å². The summed E-state index contributed by atoms with van der Waals surface area (Å²) >= 11 is 1.34. The molecule has 128 valence electrons. The maximum atomic E-state index is 13.0. The van der Waals surface area contributed by atoms with Crippen LogP contribution in [0.25, 0.3) is 11.3 Å². The second-order valence-electron chi connectivity index (χ2n) is 6.12. The number of hydrogen-bond acceptors (Lipinski definition) is 5. The van der Waals surface area contributed by atoms with Gasteiger partial charge in [-0.3, -0.25) is 9.69 Å². The number of aliphatic hydroxyl groups is 1. The fraction of sp³-hybridized carbons (Fsp3) is 0.412. The van der Waals surface area contributed by atoms with E-state index < -0.39 is 0 Å². The van der Waals surface area contributed by atoms with Gasteiger partial charge in [0.15, 0.2) is 5.13 Å². The third kappa shape index (κ3) is 4.17. The Morgan fingerprint density at radius 1 is 1.50 bits per heavy atom. The maximum Gasteiger partial charge on any atom is 0.240 e. The molecule has 1 amide bonds. The molecule has 0 saturated carbocycles. The molecule has 1 aliphatic rings. The van der Waals surface area contributed by atoms with E-state index in [1.807, 2.05) is 10.3 Å². The average molecular weight is 349 g/mol. The number of hydrogen-bond donors (Lipinski definition) is 2. The number of likely N-dealkylation sites (tertiary alicyclic amines) is 1. The molecular formula is C17H20FN3O2S. The average Bonchev–Trinajstić information content (AvgIpc) is 3.17. The number of carbonyl (C=O) groups is 1. The van der Waals surface area contributed by atoms with Gasteiger partial charge in [-0.15, -0.1) is 11.3 Å². The van der Waals surface area contributed by atoms with E-state index in [1.165, 1.54) is 23.5 Å². The van der Waals surface area contributed by atoms with Crippen LogP contribution in [0.15, 0.2) is 29.6 Å². The van der Waals surface area contributed by atoms with E-state index in [4.69, 9.17) is 0 Å². The summed E-state index contributed by atoms with van der Waals surface area (Å²) in [5.74, 6) is -0.160. The molecule has 1 aromatic heterocycles. The lowest BCUT2D eigenvalue weighted by atomic mass is 10.0. The molecule has 1 fully saturated rings. The van der Waals surface area contributed by atoms with Crippen molar-refractivity contribution in [1.29, 1.82) is 0 Å². The summed E-state index contributed by atoms with van der Waals surface area (Å²) in [5.41, 5.74) is 1.53. The lowest BCUT2D eigenvalue weighted by molar-refractivity contribution is -0.117. The van der Waals surface area contributed by atoms with Crippen molar-refractivity contribution < 1.29 is 14.3 Å². The Bertz CT molecular complexity index is 702. The minimum Gasteiger partial charge on any atom is -0.393 e. The molecule has 1 aliphatic heterocycles. The zero-order chi connectivity index (χ0) is 17.1. The van der Waals surface area contributed by atoms with Gasteiger partial charge in [0.1, 0.15) is 5.82 Å². The molecule has 3 rings (SSSR count). The standard InChI is InChI=1S/C17H20FN3O2S/c1-11(22)13-6-7-21(8-13)9-16(23)20-17-19-15(10-24-17)12-2-4-14(18)5-3-12/h2-5,10-11,13,22H,6-9H2,1H3,(H,19,20,23). The normalized spacial score (nSPS) is 19.4. The number of anilines is 1. The number of benzene rings is 1. The van der Waals surface area contributed by atoms with Gasteiger partial charge in [0.25, 0.3) is 0 Å². The number of aliphatic hydroxyl groups excluding tert-OH is 1. The predicted octanol–water partition coefficient (Wildman–Crippen LogP) is 2.59. The Morgan fingerprint density at radius 2 is 2.25 bits per heavy atom. The highest BCUT2D eigenvalue weighted by atomic mass is 32.1. The van der Waals surface area contributed by atoms with E-state index in [2.05, 4.69) is 10.3 Å². The third-order valence-electron chi connectivity index (χ3n) is 4.25. The lowest BCUT2D eigenvalue weighted by Gasteiger charge is -2.16. The number of nitrogens with one attached hydrogen (secondary N) is 1. The molecular weight excluding hydrogens is 329 g/mol. The number of nitrogens with zero attached hydrogens (tertiary/aromatic N) is 2. The Morgan fingerprint density at radius 3 is 2.92 bits per heavy atom. The summed E-state index contributed by atoms with van der Waals surface area (Å²) < 4.78 is 13.0. The van der Waals surface area contributed by atoms with Crippen LogP contribution in [0.3, 0.4) is 0 Å². The minimum atomic E-state index is -0.338. The summed E-state index contributed by atoms with van der Waals surface area (Å²) in [5, 5.41) is 14.8. The predicted molar refractivity (Wildman–Crippen MR) is 92.4 cm³/mol. The van der Waals surface area contributed by atoms with Gasteiger partial charge in [-0.25, -0.2) is 9.37 Å². The summed E-state index contributed by atoms with van der Waals surface area (Å²) in [6, 6.07) is 6.10. The molecule has 1 aromatic carbocycles. The molecule has 24 heavy (non-hydrogen) atoms. The Labute approximate surface area is 144 Å². The Hall–Kier alpha value is -1.83. The van der Waals surface area contributed by atoms with Crippen molar-refractivity contribution in [2.75, 3.05) is 25.0 Å². The van der Waals surface area contributed by atoms with Crippen molar-refractivity contribution in [3.05, 3.63) is 35.5 Å². The molecule has 2 atom stereocenters. The van der Waals surface area contributed by atoms with Crippen LogP contribution < -0.4 is 5.32 Å². The van der Waals surface area contributed by atoms with Crippen molar-refractivity contribution in [1.82, 2.24) is 9.88 Å². The summed E-state index contributed by atoms with van der Waals surface area (Å²) in [7, 11) is 0. The minimum absolute atomic E-state index is 0.110. The maximum absolute atomic E-state index is 13.0. The first-order valence-corrected chi connectivity index (χ1v) is 8.81. The molecule has 5 nitrogen and oxygen atoms in total. The van der Waals surface area contributed by atoms with Crippen LogP contribution in [0.1, 0.15) is 13.3 Å². The summed E-state index contributed by atoms with van der Waals surface area (Å²) in [4.78, 5) is 18.6. The van der Waals surface area contributed by atoms with Crippen LogP contribution in [-0.4, -0.2) is 46.6 Å². The van der Waals surface area contributed by atoms with Crippen molar-refractivity contribution in [3.63, 3.8) is 0 Å². The Kier molecular flexibility index (Phi) is 5.23. The second kappa shape index (κ2) is 7.38. The van der Waals surface area contributed by atoms with Crippen LogP contribution >= 0.6 is 11.3 Å². The fourth-order valence-electron chi connectivity index (χ4n) is 2.85. The summed E-state index contributed by atoms with van der Waals surface area (Å²) in [6.45, 7) is 3.65. The number of rotatable bonds is 5. The molecule has 2 unspecified atom stereocenters. The zero-order valence-corrected chi connectivity index (χ0v) is 14.2. The SMILES string of the molecule is CC(O)C1CCN(CC(=O)Nc2nc(-c3ccc(F)cc3)cs2)C1. The molecule has 0 radical (unpaired) electrons. The molecule has 0 bridgehead atoms. The van der Waals surface area contributed by atoms with E-state index in [9.17, 15) is 14.3 Å².